The normalized spacial score (nSPS) is 15.6. The van der Waals surface area contributed by atoms with Crippen LogP contribution < -0.4 is 27.0 Å². The molecule has 0 radical (unpaired) electrons. The Balaban J connectivity index is 2.03. The highest BCUT2D eigenvalue weighted by atomic mass is 16.5. The molecule has 300 valence electrons. The molecule has 0 fully saturated rings. The average Bonchev–Trinajstić information content (AvgIpc) is 3.08. The molecule has 0 spiro atoms. The van der Waals surface area contributed by atoms with Gasteiger partial charge in [-0.25, -0.2) is 4.79 Å². The van der Waals surface area contributed by atoms with Gasteiger partial charge in [-0.3, -0.25) is 28.8 Å². The fourth-order valence-corrected chi connectivity index (χ4v) is 5.79. The summed E-state index contributed by atoms with van der Waals surface area (Å²) in [4.78, 5) is 88.7. The minimum atomic E-state index is -1.00. The van der Waals surface area contributed by atoms with Crippen LogP contribution in [0.25, 0.3) is 0 Å². The summed E-state index contributed by atoms with van der Waals surface area (Å²) >= 11 is 0. The second kappa shape index (κ2) is 20.6. The Labute approximate surface area is 318 Å². The number of benzene rings is 1. The number of esters is 1. The summed E-state index contributed by atoms with van der Waals surface area (Å²) in [6.45, 7) is 17.0. The molecule has 2 unspecified atom stereocenters. The van der Waals surface area contributed by atoms with Gasteiger partial charge < -0.3 is 41.4 Å². The minimum absolute atomic E-state index is 0.0299. The molecule has 1 aliphatic heterocycles. The molecule has 0 saturated heterocycles. The molecule has 15 nitrogen and oxygen atoms in total. The summed E-state index contributed by atoms with van der Waals surface area (Å²) in [5.41, 5.74) is 5.12. The van der Waals surface area contributed by atoms with Crippen LogP contribution in [0.5, 0.6) is 0 Å². The molecule has 15 heteroatoms. The SMILES string of the molecule is CC(=O)OCc1ccc(NC(=O)[C@@H](CCCNC(N)=O)NC(=O)[C@H](NC(=O)C(C)CC(C)C(C)(C)OCCC(C)(C)N2CC(=O)C=CC2=O)C(C)C)cc1. The van der Waals surface area contributed by atoms with Gasteiger partial charge in [0.25, 0.3) is 0 Å². The number of urea groups is 1. The van der Waals surface area contributed by atoms with Crippen molar-refractivity contribution < 1.29 is 43.0 Å². The fraction of sp³-hybridized carbons (Fsp3) is 0.615. The standard InChI is InChI=1S/C39H60N6O9/c1-24(2)33(36(51)43-31(11-10-19-41-37(40)52)35(50)42-29-14-12-28(13-15-29)23-53-27(5)46)44-34(49)25(3)21-26(4)39(8,9)54-20-18-38(6,7)45-22-30(47)16-17-32(45)48/h12-17,24-26,31,33H,10-11,18-23H2,1-9H3,(H,42,50)(H,43,51)(H,44,49)(H3,40,41,52)/t25?,26?,31-,33-/m1/s1. The van der Waals surface area contributed by atoms with E-state index in [2.05, 4.69) is 21.3 Å². The largest absolute Gasteiger partial charge is 0.461 e. The first-order chi connectivity index (χ1) is 25.1. The summed E-state index contributed by atoms with van der Waals surface area (Å²) in [6.07, 6.45) is 4.05. The average molecular weight is 757 g/mol. The molecule has 0 aromatic heterocycles. The predicted octanol–water partition coefficient (Wildman–Crippen LogP) is 3.36. The van der Waals surface area contributed by atoms with Crippen LogP contribution in [0.3, 0.4) is 0 Å². The summed E-state index contributed by atoms with van der Waals surface area (Å²) in [6, 6.07) is 4.04. The highest BCUT2D eigenvalue weighted by Crippen LogP contribution is 2.29. The van der Waals surface area contributed by atoms with Crippen molar-refractivity contribution >= 4 is 47.1 Å². The lowest BCUT2D eigenvalue weighted by molar-refractivity contribution is -0.142. The summed E-state index contributed by atoms with van der Waals surface area (Å²) in [5, 5.41) is 10.9. The predicted molar refractivity (Wildman–Crippen MR) is 204 cm³/mol. The van der Waals surface area contributed by atoms with E-state index in [1.165, 1.54) is 19.1 Å². The Morgan fingerprint density at radius 3 is 2.15 bits per heavy atom. The molecule has 4 atom stereocenters. The number of ether oxygens (including phenoxy) is 2. The lowest BCUT2D eigenvalue weighted by atomic mass is 9.84. The molecule has 1 heterocycles. The summed E-state index contributed by atoms with van der Waals surface area (Å²) in [7, 11) is 0. The van der Waals surface area contributed by atoms with Crippen LogP contribution >= 0.6 is 0 Å². The van der Waals surface area contributed by atoms with E-state index in [1.807, 2.05) is 34.6 Å². The molecule has 0 bridgehead atoms. The molecule has 6 N–H and O–H groups in total. The molecule has 2 rings (SSSR count). The number of anilines is 1. The highest BCUT2D eigenvalue weighted by molar-refractivity contribution is 6.04. The molecule has 54 heavy (non-hydrogen) atoms. The maximum absolute atomic E-state index is 13.7. The van der Waals surface area contributed by atoms with Gasteiger partial charge in [0.15, 0.2) is 5.78 Å². The minimum Gasteiger partial charge on any atom is -0.461 e. The number of hydrogen-bond donors (Lipinski definition) is 5. The third-order valence-corrected chi connectivity index (χ3v) is 9.76. The zero-order valence-electron chi connectivity index (χ0n) is 33.2. The zero-order valence-corrected chi connectivity index (χ0v) is 33.2. The Morgan fingerprint density at radius 1 is 0.907 bits per heavy atom. The Bertz CT molecular complexity index is 1520. The number of amides is 6. The maximum atomic E-state index is 13.7. The summed E-state index contributed by atoms with van der Waals surface area (Å²) < 4.78 is 11.3. The number of nitrogens with two attached hydrogens (primary N) is 1. The molecule has 6 amide bonds. The van der Waals surface area contributed by atoms with Crippen LogP contribution in [0.1, 0.15) is 93.6 Å². The first kappa shape index (κ1) is 45.4. The van der Waals surface area contributed by atoms with Crippen LogP contribution in [-0.2, 0) is 44.8 Å². The lowest BCUT2D eigenvalue weighted by Gasteiger charge is -2.40. The molecule has 1 aromatic carbocycles. The Morgan fingerprint density at radius 2 is 1.56 bits per heavy atom. The maximum Gasteiger partial charge on any atom is 0.312 e. The number of rotatable bonds is 21. The van der Waals surface area contributed by atoms with Gasteiger partial charge in [-0.1, -0.05) is 39.8 Å². The van der Waals surface area contributed by atoms with E-state index in [0.717, 1.165) is 5.56 Å². The molecular formula is C39H60N6O9. The highest BCUT2D eigenvalue weighted by Gasteiger charge is 2.36. The molecule has 1 aromatic rings. The second-order valence-corrected chi connectivity index (χ2v) is 15.5. The monoisotopic (exact) mass is 756 g/mol. The third kappa shape index (κ3) is 14.9. The van der Waals surface area contributed by atoms with Gasteiger partial charge in [-0.15, -0.1) is 0 Å². The van der Waals surface area contributed by atoms with E-state index in [0.29, 0.717) is 31.6 Å². The van der Waals surface area contributed by atoms with Crippen molar-refractivity contribution in [2.24, 2.45) is 23.5 Å². The van der Waals surface area contributed by atoms with Gasteiger partial charge in [-0.2, -0.15) is 0 Å². The van der Waals surface area contributed by atoms with E-state index in [-0.39, 0.29) is 55.6 Å². The number of nitrogens with one attached hydrogen (secondary N) is 4. The van der Waals surface area contributed by atoms with Gasteiger partial charge in [0.2, 0.25) is 23.6 Å². The van der Waals surface area contributed by atoms with Crippen molar-refractivity contribution in [2.75, 3.05) is 25.0 Å². The number of ketones is 1. The number of hydrogen-bond acceptors (Lipinski definition) is 9. The first-order valence-corrected chi connectivity index (χ1v) is 18.5. The lowest BCUT2D eigenvalue weighted by Crippen LogP contribution is -2.55. The van der Waals surface area contributed by atoms with Gasteiger partial charge in [0, 0.05) is 43.3 Å². The van der Waals surface area contributed by atoms with Gasteiger partial charge in [0.05, 0.1) is 12.1 Å². The van der Waals surface area contributed by atoms with Crippen LogP contribution in [0.4, 0.5) is 10.5 Å². The van der Waals surface area contributed by atoms with Crippen molar-refractivity contribution in [1.29, 1.82) is 0 Å². The quantitative estimate of drug-likeness (QED) is 0.0917. The van der Waals surface area contributed by atoms with Crippen molar-refractivity contribution in [1.82, 2.24) is 20.9 Å². The zero-order chi connectivity index (χ0) is 40.8. The molecule has 1 aliphatic rings. The smallest absolute Gasteiger partial charge is 0.312 e. The van der Waals surface area contributed by atoms with E-state index < -0.39 is 53.0 Å². The third-order valence-electron chi connectivity index (χ3n) is 9.76. The van der Waals surface area contributed by atoms with E-state index >= 15 is 0 Å². The van der Waals surface area contributed by atoms with E-state index in [9.17, 15) is 33.6 Å². The number of carbonyl (C=O) groups excluding carboxylic acids is 7. The Hall–Kier alpha value is -4.79. The van der Waals surface area contributed by atoms with Crippen molar-refractivity contribution in [3.05, 3.63) is 42.0 Å². The van der Waals surface area contributed by atoms with E-state index in [4.69, 9.17) is 15.2 Å². The van der Waals surface area contributed by atoms with Crippen LogP contribution in [-0.4, -0.2) is 89.2 Å². The van der Waals surface area contributed by atoms with Gasteiger partial charge >= 0.3 is 12.0 Å². The van der Waals surface area contributed by atoms with Crippen LogP contribution in [0.15, 0.2) is 36.4 Å². The van der Waals surface area contributed by atoms with Crippen LogP contribution in [0.2, 0.25) is 0 Å². The molecule has 0 aliphatic carbocycles. The number of nitrogens with zero attached hydrogens (tertiary/aromatic N) is 1. The number of carbonyl (C=O) groups is 7. The van der Waals surface area contributed by atoms with E-state index in [1.54, 1.807) is 49.9 Å². The van der Waals surface area contributed by atoms with Crippen LogP contribution in [0, 0.1) is 17.8 Å². The Kier molecular flexibility index (Phi) is 17.3. The first-order valence-electron chi connectivity index (χ1n) is 18.5. The second-order valence-electron chi connectivity index (χ2n) is 15.5. The van der Waals surface area contributed by atoms with Gasteiger partial charge in [0.1, 0.15) is 18.7 Å². The van der Waals surface area contributed by atoms with Crippen molar-refractivity contribution in [2.45, 2.75) is 118 Å². The van der Waals surface area contributed by atoms with Gasteiger partial charge in [-0.05, 0) is 89.0 Å². The molecule has 0 saturated carbocycles. The molecular weight excluding hydrogens is 696 g/mol. The van der Waals surface area contributed by atoms with Crippen molar-refractivity contribution in [3.63, 3.8) is 0 Å². The number of primary amides is 1. The topological polar surface area (TPSA) is 215 Å². The summed E-state index contributed by atoms with van der Waals surface area (Å²) in [5.74, 6) is -2.98. The van der Waals surface area contributed by atoms with Crippen molar-refractivity contribution in [3.8, 4) is 0 Å². The fourth-order valence-electron chi connectivity index (χ4n) is 5.79.